The first kappa shape index (κ1) is 25.7. The molecular weight excluding hydrogens is 477 g/mol. The van der Waals surface area contributed by atoms with Gasteiger partial charge in [-0.3, -0.25) is 14.7 Å². The van der Waals surface area contributed by atoms with Crippen LogP contribution in [0.3, 0.4) is 0 Å². The molecule has 1 aromatic rings. The molecule has 1 fully saturated rings. The fourth-order valence-electron chi connectivity index (χ4n) is 3.59. The van der Waals surface area contributed by atoms with Crippen LogP contribution in [0.2, 0.25) is 0 Å². The van der Waals surface area contributed by atoms with Crippen LogP contribution in [-0.2, 0) is 6.42 Å². The Morgan fingerprint density at radius 1 is 1.21 bits per heavy atom. The highest BCUT2D eigenvalue weighted by Gasteiger charge is 2.20. The number of hydrogen-bond donors (Lipinski definition) is 2. The van der Waals surface area contributed by atoms with Crippen molar-refractivity contribution in [3.05, 3.63) is 35.4 Å². The maximum Gasteiger partial charge on any atom is 0.253 e. The monoisotopic (exact) mass is 515 g/mol. The van der Waals surface area contributed by atoms with Gasteiger partial charge >= 0.3 is 0 Å². The van der Waals surface area contributed by atoms with Gasteiger partial charge < -0.3 is 15.5 Å². The minimum Gasteiger partial charge on any atom is -0.357 e. The van der Waals surface area contributed by atoms with Crippen LogP contribution in [0.4, 0.5) is 0 Å². The smallest absolute Gasteiger partial charge is 0.253 e. The standard InChI is InChI=1S/C22H37N5O.HI/c1-5-20(27-14-7-8-15-27)17-25-22(23-6-2)24-13-12-18-10-9-11-19(16-18)21(28)26(3)4;/h9-11,16,20H,5-8,12-15,17H2,1-4H3,(H2,23,24,25);1H. The predicted molar refractivity (Wildman–Crippen MR) is 132 cm³/mol. The molecule has 1 aromatic carbocycles. The lowest BCUT2D eigenvalue weighted by molar-refractivity contribution is 0.0827. The van der Waals surface area contributed by atoms with Crippen molar-refractivity contribution in [2.45, 2.75) is 45.6 Å². The molecule has 164 valence electrons. The SMILES string of the molecule is CCNC(=NCC(CC)N1CCCC1)NCCc1cccc(C(=O)N(C)C)c1.I. The number of benzene rings is 1. The summed E-state index contributed by atoms with van der Waals surface area (Å²) in [6.07, 6.45) is 4.61. The van der Waals surface area contributed by atoms with Crippen molar-refractivity contribution in [1.29, 1.82) is 0 Å². The highest BCUT2D eigenvalue weighted by molar-refractivity contribution is 14.0. The van der Waals surface area contributed by atoms with E-state index in [0.29, 0.717) is 6.04 Å². The molecule has 1 aliphatic rings. The second kappa shape index (κ2) is 13.8. The Kier molecular flexibility index (Phi) is 12.2. The van der Waals surface area contributed by atoms with Crippen LogP contribution in [0.25, 0.3) is 0 Å². The van der Waals surface area contributed by atoms with Crippen LogP contribution in [-0.4, -0.2) is 74.5 Å². The van der Waals surface area contributed by atoms with Crippen LogP contribution >= 0.6 is 24.0 Å². The third-order valence-corrected chi connectivity index (χ3v) is 5.22. The summed E-state index contributed by atoms with van der Waals surface area (Å²) in [5, 5.41) is 6.78. The number of halogens is 1. The number of carbonyl (C=O) groups is 1. The fourth-order valence-corrected chi connectivity index (χ4v) is 3.59. The van der Waals surface area contributed by atoms with Gasteiger partial charge in [0.05, 0.1) is 6.54 Å². The van der Waals surface area contributed by atoms with Gasteiger partial charge in [0.2, 0.25) is 0 Å². The van der Waals surface area contributed by atoms with E-state index in [4.69, 9.17) is 4.99 Å². The van der Waals surface area contributed by atoms with Crippen LogP contribution < -0.4 is 10.6 Å². The average Bonchev–Trinajstić information content (AvgIpc) is 3.22. The predicted octanol–water partition coefficient (Wildman–Crippen LogP) is 2.98. The van der Waals surface area contributed by atoms with E-state index in [1.807, 2.05) is 18.2 Å². The first-order valence-electron chi connectivity index (χ1n) is 10.6. The zero-order valence-corrected chi connectivity index (χ0v) is 20.7. The van der Waals surface area contributed by atoms with Crippen LogP contribution in [0.15, 0.2) is 29.3 Å². The molecule has 0 radical (unpaired) electrons. The number of aliphatic imine (C=N–C) groups is 1. The number of nitrogens with zero attached hydrogens (tertiary/aromatic N) is 3. The van der Waals surface area contributed by atoms with E-state index in [0.717, 1.165) is 49.6 Å². The average molecular weight is 515 g/mol. The summed E-state index contributed by atoms with van der Waals surface area (Å²) >= 11 is 0. The van der Waals surface area contributed by atoms with E-state index >= 15 is 0 Å². The van der Waals surface area contributed by atoms with Gasteiger partial charge in [0.1, 0.15) is 0 Å². The normalized spacial score (nSPS) is 15.5. The third-order valence-electron chi connectivity index (χ3n) is 5.22. The van der Waals surface area contributed by atoms with Gasteiger partial charge in [-0.1, -0.05) is 19.1 Å². The first-order chi connectivity index (χ1) is 13.5. The largest absolute Gasteiger partial charge is 0.357 e. The Balaban J connectivity index is 0.00000420. The molecule has 2 N–H and O–H groups in total. The molecule has 1 atom stereocenters. The van der Waals surface area contributed by atoms with Crippen LogP contribution in [0.5, 0.6) is 0 Å². The summed E-state index contributed by atoms with van der Waals surface area (Å²) in [5.41, 5.74) is 1.89. The second-order valence-corrected chi connectivity index (χ2v) is 7.60. The lowest BCUT2D eigenvalue weighted by atomic mass is 10.1. The highest BCUT2D eigenvalue weighted by Crippen LogP contribution is 2.14. The van der Waals surface area contributed by atoms with E-state index in [1.54, 1.807) is 19.0 Å². The number of guanidine groups is 1. The lowest BCUT2D eigenvalue weighted by Crippen LogP contribution is -2.40. The molecule has 1 aliphatic heterocycles. The number of rotatable bonds is 9. The molecule has 0 spiro atoms. The number of amides is 1. The molecule has 1 unspecified atom stereocenters. The Morgan fingerprint density at radius 2 is 1.93 bits per heavy atom. The summed E-state index contributed by atoms with van der Waals surface area (Å²) in [7, 11) is 3.56. The van der Waals surface area contributed by atoms with Crippen molar-refractivity contribution >= 4 is 35.8 Å². The van der Waals surface area contributed by atoms with Crippen molar-refractivity contribution in [2.24, 2.45) is 4.99 Å². The molecule has 0 aromatic heterocycles. The maximum atomic E-state index is 12.1. The Hall–Kier alpha value is -1.35. The van der Waals surface area contributed by atoms with Crippen molar-refractivity contribution in [3.63, 3.8) is 0 Å². The van der Waals surface area contributed by atoms with Gasteiger partial charge in [0, 0.05) is 38.8 Å². The molecule has 2 rings (SSSR count). The van der Waals surface area contributed by atoms with Gasteiger partial charge in [0.15, 0.2) is 5.96 Å². The zero-order chi connectivity index (χ0) is 20.4. The maximum absolute atomic E-state index is 12.1. The van der Waals surface area contributed by atoms with Gasteiger partial charge in [0.25, 0.3) is 5.91 Å². The molecule has 0 aliphatic carbocycles. The van der Waals surface area contributed by atoms with E-state index in [-0.39, 0.29) is 29.9 Å². The number of hydrogen-bond acceptors (Lipinski definition) is 3. The molecule has 7 heteroatoms. The van der Waals surface area contributed by atoms with Crippen molar-refractivity contribution < 1.29 is 4.79 Å². The van der Waals surface area contributed by atoms with E-state index in [9.17, 15) is 4.79 Å². The number of nitrogens with one attached hydrogen (secondary N) is 2. The Bertz CT molecular complexity index is 644. The molecule has 0 bridgehead atoms. The molecular formula is C22H38IN5O. The molecule has 1 heterocycles. The summed E-state index contributed by atoms with van der Waals surface area (Å²) in [6.45, 7) is 9.22. The first-order valence-corrected chi connectivity index (χ1v) is 10.6. The van der Waals surface area contributed by atoms with E-state index < -0.39 is 0 Å². The quantitative estimate of drug-likeness (QED) is 0.302. The van der Waals surface area contributed by atoms with Gasteiger partial charge in [-0.2, -0.15) is 0 Å². The van der Waals surface area contributed by atoms with Crippen LogP contribution in [0, 0.1) is 0 Å². The summed E-state index contributed by atoms with van der Waals surface area (Å²) in [4.78, 5) is 21.1. The minimum absolute atomic E-state index is 0. The fraction of sp³-hybridized carbons (Fsp3) is 0.636. The van der Waals surface area contributed by atoms with E-state index in [2.05, 4.69) is 35.4 Å². The molecule has 29 heavy (non-hydrogen) atoms. The topological polar surface area (TPSA) is 60.0 Å². The second-order valence-electron chi connectivity index (χ2n) is 7.60. The van der Waals surface area contributed by atoms with Crippen molar-refractivity contribution in [1.82, 2.24) is 20.4 Å². The molecule has 1 saturated heterocycles. The summed E-state index contributed by atoms with van der Waals surface area (Å²) in [6, 6.07) is 8.40. The molecule has 0 saturated carbocycles. The summed E-state index contributed by atoms with van der Waals surface area (Å²) < 4.78 is 0. The van der Waals surface area contributed by atoms with E-state index in [1.165, 1.54) is 25.9 Å². The number of likely N-dealkylation sites (tertiary alicyclic amines) is 1. The lowest BCUT2D eigenvalue weighted by Gasteiger charge is -2.25. The molecule has 6 nitrogen and oxygen atoms in total. The van der Waals surface area contributed by atoms with Gasteiger partial charge in [-0.15, -0.1) is 24.0 Å². The van der Waals surface area contributed by atoms with Gasteiger partial charge in [-0.25, -0.2) is 0 Å². The van der Waals surface area contributed by atoms with Crippen molar-refractivity contribution in [2.75, 3.05) is 46.8 Å². The van der Waals surface area contributed by atoms with Crippen molar-refractivity contribution in [3.8, 4) is 0 Å². The van der Waals surface area contributed by atoms with Gasteiger partial charge in [-0.05, 0) is 63.4 Å². The number of carbonyl (C=O) groups excluding carboxylic acids is 1. The minimum atomic E-state index is 0. The highest BCUT2D eigenvalue weighted by atomic mass is 127. The summed E-state index contributed by atoms with van der Waals surface area (Å²) in [5.74, 6) is 0.915. The zero-order valence-electron chi connectivity index (χ0n) is 18.4. The molecule has 1 amide bonds. The third kappa shape index (κ3) is 8.50. The van der Waals surface area contributed by atoms with Crippen LogP contribution in [0.1, 0.15) is 49.0 Å². The Morgan fingerprint density at radius 3 is 2.55 bits per heavy atom. The Labute approximate surface area is 193 Å².